The van der Waals surface area contributed by atoms with Gasteiger partial charge in [0.1, 0.15) is 0 Å². The lowest BCUT2D eigenvalue weighted by Gasteiger charge is -2.37. The molecule has 1 N–H and O–H groups in total. The van der Waals surface area contributed by atoms with Gasteiger partial charge in [0.05, 0.1) is 0 Å². The zero-order valence-corrected chi connectivity index (χ0v) is 11.0. The highest BCUT2D eigenvalue weighted by molar-refractivity contribution is 4.82. The minimum atomic E-state index is 0.915. The van der Waals surface area contributed by atoms with Crippen molar-refractivity contribution in [1.82, 2.24) is 15.1 Å². The van der Waals surface area contributed by atoms with Crippen LogP contribution in [-0.2, 0) is 0 Å². The normalized spacial score (nSPS) is 32.8. The molecule has 0 radical (unpaired) electrons. The van der Waals surface area contributed by atoms with Gasteiger partial charge in [-0.25, -0.2) is 0 Å². The van der Waals surface area contributed by atoms with Crippen molar-refractivity contribution in [2.75, 3.05) is 52.4 Å². The second-order valence-corrected chi connectivity index (χ2v) is 6.26. The van der Waals surface area contributed by atoms with Crippen LogP contribution in [0.1, 0.15) is 25.7 Å². The van der Waals surface area contributed by atoms with Crippen molar-refractivity contribution in [3.8, 4) is 0 Å². The van der Waals surface area contributed by atoms with Gasteiger partial charge >= 0.3 is 0 Å². The highest BCUT2D eigenvalue weighted by Crippen LogP contribution is 2.29. The minimum Gasteiger partial charge on any atom is -0.316 e. The maximum absolute atomic E-state index is 3.53. The second kappa shape index (κ2) is 5.68. The summed E-state index contributed by atoms with van der Waals surface area (Å²) in [5.41, 5.74) is 0. The molecule has 0 spiro atoms. The molecule has 1 aliphatic carbocycles. The lowest BCUT2D eigenvalue weighted by atomic mass is 9.99. The molecule has 0 aromatic rings. The first-order chi connectivity index (χ1) is 8.40. The number of hydrogen-bond donors (Lipinski definition) is 1. The van der Waals surface area contributed by atoms with Crippen LogP contribution in [0.5, 0.6) is 0 Å². The molecule has 17 heavy (non-hydrogen) atoms. The molecule has 1 saturated carbocycles. The maximum Gasteiger partial charge on any atom is 0.0110 e. The Kier molecular flexibility index (Phi) is 3.99. The van der Waals surface area contributed by atoms with E-state index in [2.05, 4.69) is 15.1 Å². The molecule has 0 aromatic carbocycles. The topological polar surface area (TPSA) is 18.5 Å². The van der Waals surface area contributed by atoms with E-state index in [4.69, 9.17) is 0 Å². The summed E-state index contributed by atoms with van der Waals surface area (Å²) in [4.78, 5) is 5.38. The molecule has 0 amide bonds. The average Bonchev–Trinajstić information content (AvgIpc) is 3.17. The Hall–Kier alpha value is -0.120. The highest BCUT2D eigenvalue weighted by atomic mass is 15.3. The molecule has 0 bridgehead atoms. The number of piperidine rings is 1. The van der Waals surface area contributed by atoms with Crippen LogP contribution in [0.4, 0.5) is 0 Å². The van der Waals surface area contributed by atoms with Crippen molar-refractivity contribution in [3.63, 3.8) is 0 Å². The first-order valence-corrected chi connectivity index (χ1v) is 7.55. The van der Waals surface area contributed by atoms with E-state index in [-0.39, 0.29) is 0 Å². The molecule has 2 aliphatic heterocycles. The van der Waals surface area contributed by atoms with Gasteiger partial charge in [0.25, 0.3) is 0 Å². The summed E-state index contributed by atoms with van der Waals surface area (Å²) in [6.07, 6.45) is 5.81. The zero-order valence-electron chi connectivity index (χ0n) is 11.0. The van der Waals surface area contributed by atoms with Crippen molar-refractivity contribution in [3.05, 3.63) is 0 Å². The summed E-state index contributed by atoms with van der Waals surface area (Å²) in [5.74, 6) is 1.97. The van der Waals surface area contributed by atoms with Gasteiger partial charge in [0, 0.05) is 39.3 Å². The third kappa shape index (κ3) is 3.67. The van der Waals surface area contributed by atoms with E-state index in [0.717, 1.165) is 11.8 Å². The van der Waals surface area contributed by atoms with Crippen LogP contribution in [0.25, 0.3) is 0 Å². The van der Waals surface area contributed by atoms with Crippen molar-refractivity contribution < 1.29 is 0 Å². The third-order valence-electron chi connectivity index (χ3n) is 4.59. The van der Waals surface area contributed by atoms with E-state index in [1.54, 1.807) is 0 Å². The summed E-state index contributed by atoms with van der Waals surface area (Å²) in [6.45, 7) is 10.5. The molecule has 3 nitrogen and oxygen atoms in total. The number of hydrogen-bond acceptors (Lipinski definition) is 3. The molecular weight excluding hydrogens is 210 g/mol. The van der Waals surface area contributed by atoms with Gasteiger partial charge < -0.3 is 15.1 Å². The van der Waals surface area contributed by atoms with Crippen LogP contribution in [0, 0.1) is 11.8 Å². The van der Waals surface area contributed by atoms with Gasteiger partial charge in [0.2, 0.25) is 0 Å². The van der Waals surface area contributed by atoms with Crippen LogP contribution in [-0.4, -0.2) is 62.2 Å². The van der Waals surface area contributed by atoms with E-state index in [1.807, 2.05) is 0 Å². The Bertz CT molecular complexity index is 226. The van der Waals surface area contributed by atoms with Crippen LogP contribution < -0.4 is 5.32 Å². The zero-order chi connectivity index (χ0) is 11.5. The minimum absolute atomic E-state index is 0.915. The fourth-order valence-corrected chi connectivity index (χ4v) is 3.26. The van der Waals surface area contributed by atoms with Gasteiger partial charge in [-0.05, 0) is 50.6 Å². The van der Waals surface area contributed by atoms with Crippen molar-refractivity contribution in [1.29, 1.82) is 0 Å². The van der Waals surface area contributed by atoms with E-state index >= 15 is 0 Å². The summed E-state index contributed by atoms with van der Waals surface area (Å²) >= 11 is 0. The number of piperazine rings is 1. The maximum atomic E-state index is 3.53. The smallest absolute Gasteiger partial charge is 0.0110 e. The number of nitrogens with zero attached hydrogens (tertiary/aromatic N) is 2. The second-order valence-electron chi connectivity index (χ2n) is 6.26. The standard InChI is InChI=1S/C14H27N3/c1-2-14(10-15-5-1)12-17-8-6-16(7-9-17)11-13-3-4-13/h13-15H,1-12H2. The van der Waals surface area contributed by atoms with E-state index in [9.17, 15) is 0 Å². The number of nitrogens with one attached hydrogen (secondary N) is 1. The average molecular weight is 237 g/mol. The molecule has 2 saturated heterocycles. The first-order valence-electron chi connectivity index (χ1n) is 7.55. The Morgan fingerprint density at radius 1 is 0.824 bits per heavy atom. The molecular formula is C14H27N3. The van der Waals surface area contributed by atoms with Crippen molar-refractivity contribution in [2.45, 2.75) is 25.7 Å². The van der Waals surface area contributed by atoms with Crippen LogP contribution in [0.2, 0.25) is 0 Å². The van der Waals surface area contributed by atoms with Gasteiger partial charge in [-0.2, -0.15) is 0 Å². The molecule has 3 rings (SSSR count). The summed E-state index contributed by atoms with van der Waals surface area (Å²) in [7, 11) is 0. The largest absolute Gasteiger partial charge is 0.316 e. The van der Waals surface area contributed by atoms with Gasteiger partial charge in [0.15, 0.2) is 0 Å². The predicted molar refractivity (Wildman–Crippen MR) is 71.2 cm³/mol. The molecule has 1 atom stereocenters. The monoisotopic (exact) mass is 237 g/mol. The van der Waals surface area contributed by atoms with E-state index < -0.39 is 0 Å². The Morgan fingerprint density at radius 3 is 2.00 bits per heavy atom. The van der Waals surface area contributed by atoms with Gasteiger partial charge in [-0.1, -0.05) is 0 Å². The Morgan fingerprint density at radius 2 is 1.47 bits per heavy atom. The van der Waals surface area contributed by atoms with Crippen molar-refractivity contribution in [2.24, 2.45) is 11.8 Å². The summed E-state index contributed by atoms with van der Waals surface area (Å²) in [5, 5.41) is 3.53. The molecule has 98 valence electrons. The van der Waals surface area contributed by atoms with E-state index in [1.165, 1.54) is 78.0 Å². The highest BCUT2D eigenvalue weighted by Gasteiger charge is 2.27. The van der Waals surface area contributed by atoms with Crippen LogP contribution in [0.3, 0.4) is 0 Å². The first kappa shape index (κ1) is 11.9. The third-order valence-corrected chi connectivity index (χ3v) is 4.59. The SMILES string of the molecule is C1CNCC(CN2CCN(CC3CC3)CC2)C1. The Balaban J connectivity index is 1.35. The molecule has 2 heterocycles. The van der Waals surface area contributed by atoms with Crippen LogP contribution in [0.15, 0.2) is 0 Å². The number of rotatable bonds is 4. The van der Waals surface area contributed by atoms with Crippen LogP contribution >= 0.6 is 0 Å². The summed E-state index contributed by atoms with van der Waals surface area (Å²) in [6, 6.07) is 0. The van der Waals surface area contributed by atoms with Gasteiger partial charge in [-0.3, -0.25) is 0 Å². The predicted octanol–water partition coefficient (Wildman–Crippen LogP) is 1.01. The molecule has 0 aromatic heterocycles. The summed E-state index contributed by atoms with van der Waals surface area (Å²) < 4.78 is 0. The lowest BCUT2D eigenvalue weighted by Crippen LogP contribution is -2.49. The molecule has 1 unspecified atom stereocenters. The van der Waals surface area contributed by atoms with E-state index in [0.29, 0.717) is 0 Å². The molecule has 3 fully saturated rings. The fourth-order valence-electron chi connectivity index (χ4n) is 3.26. The molecule has 3 aliphatic rings. The fraction of sp³-hybridized carbons (Fsp3) is 1.00. The quantitative estimate of drug-likeness (QED) is 0.787. The molecule has 3 heteroatoms. The van der Waals surface area contributed by atoms with Crippen molar-refractivity contribution >= 4 is 0 Å². The van der Waals surface area contributed by atoms with Gasteiger partial charge in [-0.15, -0.1) is 0 Å². The Labute approximate surface area is 106 Å². The lowest BCUT2D eigenvalue weighted by molar-refractivity contribution is 0.109.